The largest absolute Gasteiger partial charge is 0.370 e. The van der Waals surface area contributed by atoms with Gasteiger partial charge in [0.15, 0.2) is 5.96 Å². The lowest BCUT2D eigenvalue weighted by molar-refractivity contribution is 0.507. The van der Waals surface area contributed by atoms with Crippen molar-refractivity contribution in [3.05, 3.63) is 29.8 Å². The number of guanidine groups is 1. The SMILES string of the molecule is CN(C)S(=O)(=O)c1ccccc1CN=C(N)NC(C)(C)C. The number of rotatable bonds is 4. The van der Waals surface area contributed by atoms with E-state index >= 15 is 0 Å². The molecule has 0 bridgehead atoms. The molecule has 0 unspecified atom stereocenters. The summed E-state index contributed by atoms with van der Waals surface area (Å²) in [5.74, 6) is 0.291. The average Bonchev–Trinajstić information content (AvgIpc) is 2.34. The number of hydrogen-bond acceptors (Lipinski definition) is 3. The van der Waals surface area contributed by atoms with Gasteiger partial charge in [-0.2, -0.15) is 0 Å². The lowest BCUT2D eigenvalue weighted by Gasteiger charge is -2.21. The quantitative estimate of drug-likeness (QED) is 0.644. The molecule has 0 aliphatic heterocycles. The number of nitrogens with one attached hydrogen (secondary N) is 1. The molecule has 6 nitrogen and oxygen atoms in total. The molecule has 0 saturated heterocycles. The highest BCUT2D eigenvalue weighted by atomic mass is 32.2. The van der Waals surface area contributed by atoms with Crippen molar-refractivity contribution in [3.8, 4) is 0 Å². The van der Waals surface area contributed by atoms with Gasteiger partial charge >= 0.3 is 0 Å². The average molecular weight is 312 g/mol. The fraction of sp³-hybridized carbons (Fsp3) is 0.500. The van der Waals surface area contributed by atoms with Crippen LogP contribution in [0.5, 0.6) is 0 Å². The summed E-state index contributed by atoms with van der Waals surface area (Å²) in [6.07, 6.45) is 0. The third-order valence-electron chi connectivity index (χ3n) is 2.65. The standard InChI is InChI=1S/C14H24N4O2S/c1-14(2,3)17-13(15)16-10-11-8-6-7-9-12(11)21(19,20)18(4)5/h6-9H,10H2,1-5H3,(H3,15,16,17). The van der Waals surface area contributed by atoms with Gasteiger partial charge in [-0.3, -0.25) is 0 Å². The second-order valence-corrected chi connectivity index (χ2v) is 8.09. The molecule has 3 N–H and O–H groups in total. The molecule has 0 spiro atoms. The summed E-state index contributed by atoms with van der Waals surface area (Å²) in [6, 6.07) is 6.80. The minimum Gasteiger partial charge on any atom is -0.370 e. The lowest BCUT2D eigenvalue weighted by Crippen LogP contribution is -2.45. The van der Waals surface area contributed by atoms with Crippen LogP contribution in [-0.4, -0.2) is 38.3 Å². The molecule has 0 atom stereocenters. The van der Waals surface area contributed by atoms with E-state index < -0.39 is 10.0 Å². The molecule has 21 heavy (non-hydrogen) atoms. The first-order chi connectivity index (χ1) is 9.54. The zero-order valence-electron chi connectivity index (χ0n) is 13.2. The maximum atomic E-state index is 12.3. The number of nitrogens with zero attached hydrogens (tertiary/aromatic N) is 2. The number of aliphatic imine (C=N–C) groups is 1. The van der Waals surface area contributed by atoms with E-state index in [1.165, 1.54) is 18.4 Å². The minimum atomic E-state index is -3.49. The maximum absolute atomic E-state index is 12.3. The van der Waals surface area contributed by atoms with Crippen molar-refractivity contribution in [2.24, 2.45) is 10.7 Å². The summed E-state index contributed by atoms with van der Waals surface area (Å²) in [4.78, 5) is 4.47. The molecule has 1 rings (SSSR count). The highest BCUT2D eigenvalue weighted by Gasteiger charge is 2.20. The normalized spacial score (nSPS) is 13.5. The van der Waals surface area contributed by atoms with Crippen LogP contribution in [0.4, 0.5) is 0 Å². The molecule has 0 aromatic heterocycles. The van der Waals surface area contributed by atoms with Crippen LogP contribution in [0.3, 0.4) is 0 Å². The topological polar surface area (TPSA) is 87.8 Å². The van der Waals surface area contributed by atoms with Crippen LogP contribution in [-0.2, 0) is 16.6 Å². The van der Waals surface area contributed by atoms with E-state index in [1.807, 2.05) is 20.8 Å². The summed E-state index contributed by atoms with van der Waals surface area (Å²) in [7, 11) is -0.478. The van der Waals surface area contributed by atoms with Crippen molar-refractivity contribution in [1.82, 2.24) is 9.62 Å². The summed E-state index contributed by atoms with van der Waals surface area (Å²) in [5, 5.41) is 3.04. The minimum absolute atomic E-state index is 0.192. The van der Waals surface area contributed by atoms with Crippen LogP contribution in [0.2, 0.25) is 0 Å². The second-order valence-electron chi connectivity index (χ2n) is 5.97. The Morgan fingerprint density at radius 3 is 2.38 bits per heavy atom. The summed E-state index contributed by atoms with van der Waals surface area (Å²) in [6.45, 7) is 6.12. The smallest absolute Gasteiger partial charge is 0.242 e. The van der Waals surface area contributed by atoms with Crippen molar-refractivity contribution in [1.29, 1.82) is 0 Å². The third kappa shape index (κ3) is 5.02. The highest BCUT2D eigenvalue weighted by Crippen LogP contribution is 2.19. The number of benzene rings is 1. The Bertz CT molecular complexity index is 616. The first-order valence-electron chi connectivity index (χ1n) is 6.62. The summed E-state index contributed by atoms with van der Waals surface area (Å²) in [5.41, 5.74) is 6.23. The molecule has 0 aliphatic rings. The van der Waals surface area contributed by atoms with Gasteiger partial charge in [0.2, 0.25) is 10.0 Å². The van der Waals surface area contributed by atoms with E-state index in [2.05, 4.69) is 10.3 Å². The van der Waals surface area contributed by atoms with Gasteiger partial charge in [-0.05, 0) is 32.4 Å². The number of sulfonamides is 1. The van der Waals surface area contributed by atoms with Gasteiger partial charge in [-0.15, -0.1) is 0 Å². The first kappa shape index (κ1) is 17.5. The lowest BCUT2D eigenvalue weighted by atomic mass is 10.1. The Balaban J connectivity index is 3.04. The highest BCUT2D eigenvalue weighted by molar-refractivity contribution is 7.89. The molecule has 1 aromatic rings. The van der Waals surface area contributed by atoms with Crippen LogP contribution >= 0.6 is 0 Å². The van der Waals surface area contributed by atoms with Gasteiger partial charge in [0.25, 0.3) is 0 Å². The van der Waals surface area contributed by atoms with E-state index in [4.69, 9.17) is 5.73 Å². The van der Waals surface area contributed by atoms with Crippen molar-refractivity contribution in [2.75, 3.05) is 14.1 Å². The fourth-order valence-electron chi connectivity index (χ4n) is 1.68. The Morgan fingerprint density at radius 2 is 1.86 bits per heavy atom. The van der Waals surface area contributed by atoms with Gasteiger partial charge in [-0.25, -0.2) is 17.7 Å². The molecule has 0 fully saturated rings. The fourth-order valence-corrected chi connectivity index (χ4v) is 2.78. The van der Waals surface area contributed by atoms with E-state index in [-0.39, 0.29) is 17.0 Å². The predicted octanol–water partition coefficient (Wildman–Crippen LogP) is 1.14. The van der Waals surface area contributed by atoms with E-state index in [9.17, 15) is 8.42 Å². The van der Waals surface area contributed by atoms with Crippen molar-refractivity contribution >= 4 is 16.0 Å². The van der Waals surface area contributed by atoms with Crippen molar-refractivity contribution < 1.29 is 8.42 Å². The molecule has 7 heteroatoms. The third-order valence-corrected chi connectivity index (χ3v) is 4.57. The molecule has 0 heterocycles. The number of nitrogens with two attached hydrogens (primary N) is 1. The maximum Gasteiger partial charge on any atom is 0.242 e. The van der Waals surface area contributed by atoms with Gasteiger partial charge in [0.1, 0.15) is 0 Å². The Hall–Kier alpha value is -1.60. The van der Waals surface area contributed by atoms with E-state index in [0.717, 1.165) is 0 Å². The Labute approximate surface area is 127 Å². The molecule has 0 amide bonds. The van der Waals surface area contributed by atoms with Crippen LogP contribution in [0, 0.1) is 0 Å². The van der Waals surface area contributed by atoms with E-state index in [1.54, 1.807) is 24.3 Å². The first-order valence-corrected chi connectivity index (χ1v) is 8.06. The zero-order valence-corrected chi connectivity index (χ0v) is 14.0. The molecular formula is C14H24N4O2S. The van der Waals surface area contributed by atoms with Crippen LogP contribution < -0.4 is 11.1 Å². The molecule has 0 saturated carbocycles. The van der Waals surface area contributed by atoms with E-state index in [0.29, 0.717) is 11.5 Å². The Kier molecular flexibility index (Phi) is 5.36. The summed E-state index contributed by atoms with van der Waals surface area (Å²) >= 11 is 0. The van der Waals surface area contributed by atoms with Gasteiger partial charge in [0, 0.05) is 19.6 Å². The molecule has 118 valence electrons. The monoisotopic (exact) mass is 312 g/mol. The molecular weight excluding hydrogens is 288 g/mol. The predicted molar refractivity (Wildman–Crippen MR) is 85.5 cm³/mol. The Morgan fingerprint density at radius 1 is 1.29 bits per heavy atom. The van der Waals surface area contributed by atoms with Crippen LogP contribution in [0.25, 0.3) is 0 Å². The van der Waals surface area contributed by atoms with Crippen molar-refractivity contribution in [2.45, 2.75) is 37.8 Å². The molecule has 0 radical (unpaired) electrons. The number of hydrogen-bond donors (Lipinski definition) is 2. The molecule has 0 aliphatic carbocycles. The zero-order chi connectivity index (χ0) is 16.3. The van der Waals surface area contributed by atoms with Gasteiger partial charge in [0.05, 0.1) is 11.4 Å². The summed E-state index contributed by atoms with van der Waals surface area (Å²) < 4.78 is 25.7. The van der Waals surface area contributed by atoms with Crippen molar-refractivity contribution in [3.63, 3.8) is 0 Å². The van der Waals surface area contributed by atoms with Gasteiger partial charge in [-0.1, -0.05) is 18.2 Å². The van der Waals surface area contributed by atoms with Crippen LogP contribution in [0.15, 0.2) is 34.2 Å². The van der Waals surface area contributed by atoms with Crippen LogP contribution in [0.1, 0.15) is 26.3 Å². The molecule has 1 aromatic carbocycles. The second kappa shape index (κ2) is 6.44. The van der Waals surface area contributed by atoms with Gasteiger partial charge < -0.3 is 11.1 Å².